The van der Waals surface area contributed by atoms with E-state index in [1.54, 1.807) is 42.3 Å². The van der Waals surface area contributed by atoms with Crippen LogP contribution in [-0.2, 0) is 0 Å². The lowest BCUT2D eigenvalue weighted by Crippen LogP contribution is -2.27. The van der Waals surface area contributed by atoms with Crippen molar-refractivity contribution >= 4 is 39.1 Å². The first-order valence-electron chi connectivity index (χ1n) is 6.77. The highest BCUT2D eigenvalue weighted by Crippen LogP contribution is 2.27. The Labute approximate surface area is 147 Å². The van der Waals surface area contributed by atoms with Gasteiger partial charge in [-0.3, -0.25) is 4.79 Å². The maximum absolute atomic E-state index is 14.0. The van der Waals surface area contributed by atoms with Gasteiger partial charge in [-0.2, -0.15) is 0 Å². The number of rotatable bonds is 6. The van der Waals surface area contributed by atoms with E-state index in [4.69, 9.17) is 22.1 Å². The van der Waals surface area contributed by atoms with Crippen LogP contribution in [0.4, 0.5) is 10.1 Å². The smallest absolute Gasteiger partial charge is 0.253 e. The van der Waals surface area contributed by atoms with Gasteiger partial charge in [-0.15, -0.1) is 0 Å². The fraction of sp³-hybridized carbons (Fsp3) is 0.188. The van der Waals surface area contributed by atoms with Gasteiger partial charge in [-0.1, -0.05) is 33.6 Å². The van der Waals surface area contributed by atoms with E-state index in [2.05, 4.69) is 15.9 Å². The lowest BCUT2D eigenvalue weighted by Gasteiger charge is -2.22. The number of nitrogens with zero attached hydrogens (tertiary/aromatic N) is 1. The molecule has 2 aromatic rings. The van der Waals surface area contributed by atoms with Gasteiger partial charge in [0.25, 0.3) is 5.91 Å². The van der Waals surface area contributed by atoms with Crippen molar-refractivity contribution in [3.63, 3.8) is 0 Å². The van der Waals surface area contributed by atoms with E-state index in [0.29, 0.717) is 34.1 Å². The molecule has 122 valence electrons. The molecule has 0 aromatic heterocycles. The molecule has 0 unspecified atom stereocenters. The molecule has 1 amide bonds. The number of amides is 1. The van der Waals surface area contributed by atoms with Crippen LogP contribution in [0, 0.1) is 5.82 Å². The van der Waals surface area contributed by atoms with E-state index in [9.17, 15) is 9.18 Å². The molecule has 7 heteroatoms. The SMILES string of the molecule is CN(CCOc1cccc(Cl)c1)c1cc(Br)cc(F)c1C(N)=O. The van der Waals surface area contributed by atoms with Gasteiger partial charge in [-0.25, -0.2) is 4.39 Å². The molecular weight excluding hydrogens is 387 g/mol. The maximum Gasteiger partial charge on any atom is 0.253 e. The Bertz CT molecular complexity index is 727. The summed E-state index contributed by atoms with van der Waals surface area (Å²) in [7, 11) is 1.73. The van der Waals surface area contributed by atoms with Crippen LogP contribution >= 0.6 is 27.5 Å². The molecule has 0 radical (unpaired) electrons. The predicted octanol–water partition coefficient (Wildman–Crippen LogP) is 3.86. The maximum atomic E-state index is 14.0. The monoisotopic (exact) mass is 400 g/mol. The van der Waals surface area contributed by atoms with E-state index in [0.717, 1.165) is 0 Å². The third-order valence-corrected chi connectivity index (χ3v) is 3.88. The zero-order valence-corrected chi connectivity index (χ0v) is 14.7. The molecule has 0 heterocycles. The standard InChI is InChI=1S/C16H15BrClFN2O2/c1-21(5-6-23-12-4-2-3-11(18)9-12)14-8-10(17)7-13(19)15(14)16(20)22/h2-4,7-9H,5-6H2,1H3,(H2,20,22). The van der Waals surface area contributed by atoms with Crippen LogP contribution in [0.3, 0.4) is 0 Å². The summed E-state index contributed by atoms with van der Waals surface area (Å²) in [4.78, 5) is 13.2. The fourth-order valence-electron chi connectivity index (χ4n) is 2.08. The Balaban J connectivity index is 2.09. The Morgan fingerprint density at radius 3 is 2.78 bits per heavy atom. The Morgan fingerprint density at radius 2 is 2.13 bits per heavy atom. The average molecular weight is 402 g/mol. The summed E-state index contributed by atoms with van der Waals surface area (Å²) in [5.74, 6) is -0.835. The number of carbonyl (C=O) groups is 1. The molecule has 23 heavy (non-hydrogen) atoms. The molecule has 0 atom stereocenters. The van der Waals surface area contributed by atoms with Crippen LogP contribution in [0.25, 0.3) is 0 Å². The van der Waals surface area contributed by atoms with Gasteiger partial charge in [0, 0.05) is 16.5 Å². The molecule has 4 nitrogen and oxygen atoms in total. The minimum atomic E-state index is -0.812. The first-order valence-corrected chi connectivity index (χ1v) is 7.94. The van der Waals surface area contributed by atoms with Crippen molar-refractivity contribution in [1.82, 2.24) is 0 Å². The van der Waals surface area contributed by atoms with Crippen molar-refractivity contribution in [2.75, 3.05) is 25.1 Å². The number of likely N-dealkylation sites (N-methyl/N-ethyl adjacent to an activating group) is 1. The second-order valence-corrected chi connectivity index (χ2v) is 6.23. The molecule has 0 fully saturated rings. The first-order chi connectivity index (χ1) is 10.9. The minimum Gasteiger partial charge on any atom is -0.492 e. The van der Waals surface area contributed by atoms with Gasteiger partial charge in [0.15, 0.2) is 0 Å². The number of halogens is 3. The predicted molar refractivity (Wildman–Crippen MR) is 92.8 cm³/mol. The normalized spacial score (nSPS) is 10.4. The van der Waals surface area contributed by atoms with E-state index in [-0.39, 0.29) is 5.56 Å². The molecule has 0 bridgehead atoms. The highest BCUT2D eigenvalue weighted by Gasteiger charge is 2.18. The molecular formula is C16H15BrClFN2O2. The Hall–Kier alpha value is -1.79. The van der Waals surface area contributed by atoms with Crippen molar-refractivity contribution in [2.45, 2.75) is 0 Å². The molecule has 0 saturated carbocycles. The van der Waals surface area contributed by atoms with Crippen LogP contribution in [0.5, 0.6) is 5.75 Å². The summed E-state index contributed by atoms with van der Waals surface area (Å²) >= 11 is 9.10. The number of nitrogens with two attached hydrogens (primary N) is 1. The molecule has 2 aromatic carbocycles. The lowest BCUT2D eigenvalue weighted by atomic mass is 10.1. The third-order valence-electron chi connectivity index (χ3n) is 3.18. The molecule has 0 spiro atoms. The zero-order chi connectivity index (χ0) is 17.0. The highest BCUT2D eigenvalue weighted by atomic mass is 79.9. The van der Waals surface area contributed by atoms with Gasteiger partial charge >= 0.3 is 0 Å². The molecule has 0 aliphatic carbocycles. The molecule has 0 aliphatic rings. The summed E-state index contributed by atoms with van der Waals surface area (Å²) in [5.41, 5.74) is 5.53. The second kappa shape index (κ2) is 7.66. The van der Waals surface area contributed by atoms with Gasteiger partial charge in [-0.05, 0) is 30.3 Å². The number of carbonyl (C=O) groups excluding carboxylic acids is 1. The van der Waals surface area contributed by atoms with Crippen molar-refractivity contribution in [1.29, 1.82) is 0 Å². The molecule has 0 saturated heterocycles. The number of hydrogen-bond acceptors (Lipinski definition) is 3. The van der Waals surface area contributed by atoms with Crippen molar-refractivity contribution < 1.29 is 13.9 Å². The number of anilines is 1. The van der Waals surface area contributed by atoms with Gasteiger partial charge < -0.3 is 15.4 Å². The van der Waals surface area contributed by atoms with Crippen molar-refractivity contribution in [3.05, 3.63) is 57.3 Å². The summed E-state index contributed by atoms with van der Waals surface area (Å²) in [6, 6.07) is 9.89. The number of hydrogen-bond donors (Lipinski definition) is 1. The van der Waals surface area contributed by atoms with Crippen LogP contribution in [-0.4, -0.2) is 26.1 Å². The number of primary amides is 1. The highest BCUT2D eigenvalue weighted by molar-refractivity contribution is 9.10. The van der Waals surface area contributed by atoms with Gasteiger partial charge in [0.1, 0.15) is 18.2 Å². The van der Waals surface area contributed by atoms with Crippen LogP contribution in [0.15, 0.2) is 40.9 Å². The number of ether oxygens (including phenoxy) is 1. The van der Waals surface area contributed by atoms with Gasteiger partial charge in [0.2, 0.25) is 0 Å². The van der Waals surface area contributed by atoms with E-state index in [1.165, 1.54) is 6.07 Å². The van der Waals surface area contributed by atoms with Gasteiger partial charge in [0.05, 0.1) is 17.8 Å². The summed E-state index contributed by atoms with van der Waals surface area (Å²) in [6.45, 7) is 0.770. The van der Waals surface area contributed by atoms with Crippen LogP contribution in [0.1, 0.15) is 10.4 Å². The minimum absolute atomic E-state index is 0.140. The summed E-state index contributed by atoms with van der Waals surface area (Å²) in [6.07, 6.45) is 0. The quantitative estimate of drug-likeness (QED) is 0.800. The third kappa shape index (κ3) is 4.59. The Kier molecular flexibility index (Phi) is 5.85. The van der Waals surface area contributed by atoms with Crippen molar-refractivity contribution in [2.24, 2.45) is 5.73 Å². The fourth-order valence-corrected chi connectivity index (χ4v) is 2.68. The van der Waals surface area contributed by atoms with Crippen LogP contribution < -0.4 is 15.4 Å². The molecule has 0 aliphatic heterocycles. The van der Waals surface area contributed by atoms with E-state index < -0.39 is 11.7 Å². The topological polar surface area (TPSA) is 55.6 Å². The first kappa shape index (κ1) is 17.6. The number of benzene rings is 2. The lowest BCUT2D eigenvalue weighted by molar-refractivity contribution is 0.0997. The summed E-state index contributed by atoms with van der Waals surface area (Å²) in [5, 5.41) is 0.584. The average Bonchev–Trinajstić information content (AvgIpc) is 2.45. The summed E-state index contributed by atoms with van der Waals surface area (Å²) < 4.78 is 20.1. The van der Waals surface area contributed by atoms with Crippen LogP contribution in [0.2, 0.25) is 5.02 Å². The van der Waals surface area contributed by atoms with E-state index in [1.807, 2.05) is 0 Å². The molecule has 2 N–H and O–H groups in total. The zero-order valence-electron chi connectivity index (χ0n) is 12.4. The molecule has 2 rings (SSSR count). The van der Waals surface area contributed by atoms with E-state index >= 15 is 0 Å². The van der Waals surface area contributed by atoms with Crippen molar-refractivity contribution in [3.8, 4) is 5.75 Å². The second-order valence-electron chi connectivity index (χ2n) is 4.87. The Morgan fingerprint density at radius 1 is 1.39 bits per heavy atom. The largest absolute Gasteiger partial charge is 0.492 e.